The van der Waals surface area contributed by atoms with Gasteiger partial charge >= 0.3 is 0 Å². The van der Waals surface area contributed by atoms with Gasteiger partial charge in [-0.15, -0.1) is 0 Å². The summed E-state index contributed by atoms with van der Waals surface area (Å²) in [6, 6.07) is 6.48. The Bertz CT molecular complexity index is 561. The molecule has 2 nitrogen and oxygen atoms in total. The summed E-state index contributed by atoms with van der Waals surface area (Å²) in [5.41, 5.74) is 6.26. The van der Waals surface area contributed by atoms with Crippen LogP contribution >= 0.6 is 0 Å². The Morgan fingerprint density at radius 3 is 2.44 bits per heavy atom. The van der Waals surface area contributed by atoms with Crippen LogP contribution in [-0.2, 0) is 24.2 Å². The molecular formula is C16H21NO. The van der Waals surface area contributed by atoms with Crippen LogP contribution in [0, 0.1) is 6.92 Å². The molecule has 2 rings (SSSR count). The van der Waals surface area contributed by atoms with Gasteiger partial charge in [-0.2, -0.15) is 0 Å². The third-order valence-electron chi connectivity index (χ3n) is 3.43. The zero-order valence-electron chi connectivity index (χ0n) is 11.7. The van der Waals surface area contributed by atoms with Crippen molar-refractivity contribution in [1.82, 2.24) is 4.98 Å². The maximum atomic E-state index is 5.28. The first kappa shape index (κ1) is 13.0. The maximum absolute atomic E-state index is 5.28. The van der Waals surface area contributed by atoms with E-state index in [0.717, 1.165) is 24.1 Å². The third-order valence-corrected chi connectivity index (χ3v) is 3.43. The molecule has 0 saturated carbocycles. The van der Waals surface area contributed by atoms with Gasteiger partial charge in [0.05, 0.1) is 17.8 Å². The van der Waals surface area contributed by atoms with Gasteiger partial charge in [0, 0.05) is 12.5 Å². The summed E-state index contributed by atoms with van der Waals surface area (Å²) in [5.74, 6) is 0. The Kier molecular flexibility index (Phi) is 3.97. The van der Waals surface area contributed by atoms with E-state index in [1.807, 2.05) is 0 Å². The van der Waals surface area contributed by atoms with Gasteiger partial charge in [0.15, 0.2) is 0 Å². The van der Waals surface area contributed by atoms with Crippen LogP contribution in [0.1, 0.15) is 36.2 Å². The van der Waals surface area contributed by atoms with Gasteiger partial charge in [0.2, 0.25) is 0 Å². The summed E-state index contributed by atoms with van der Waals surface area (Å²) in [4.78, 5) is 4.76. The standard InChI is InChI=1S/C16H21NO/c1-5-12-13(6-2)16(10-18-4)17-15-8-7-11(3)9-14(12)15/h7-9H,5-6,10H2,1-4H3. The molecule has 2 heteroatoms. The van der Waals surface area contributed by atoms with Crippen molar-refractivity contribution < 1.29 is 4.74 Å². The highest BCUT2D eigenvalue weighted by Crippen LogP contribution is 2.26. The zero-order valence-corrected chi connectivity index (χ0v) is 11.7. The molecule has 1 heterocycles. The lowest BCUT2D eigenvalue weighted by Gasteiger charge is -2.15. The van der Waals surface area contributed by atoms with Crippen LogP contribution in [-0.4, -0.2) is 12.1 Å². The number of ether oxygens (including phenoxy) is 1. The van der Waals surface area contributed by atoms with Gasteiger partial charge in [-0.1, -0.05) is 25.5 Å². The first-order chi connectivity index (χ1) is 8.71. The molecular weight excluding hydrogens is 222 g/mol. The summed E-state index contributed by atoms with van der Waals surface area (Å²) in [6.45, 7) is 7.14. The quantitative estimate of drug-likeness (QED) is 0.814. The number of aryl methyl sites for hydroxylation is 2. The van der Waals surface area contributed by atoms with Gasteiger partial charge in [-0.3, -0.25) is 4.98 Å². The van der Waals surface area contributed by atoms with Gasteiger partial charge in [-0.25, -0.2) is 0 Å². The molecule has 0 aliphatic heterocycles. The van der Waals surface area contributed by atoms with Crippen LogP contribution in [0.4, 0.5) is 0 Å². The molecule has 0 radical (unpaired) electrons. The van der Waals surface area contributed by atoms with Crippen molar-refractivity contribution in [2.24, 2.45) is 0 Å². The molecule has 0 amide bonds. The number of aromatic nitrogens is 1. The Labute approximate surface area is 109 Å². The second-order valence-corrected chi connectivity index (χ2v) is 4.68. The van der Waals surface area contributed by atoms with E-state index < -0.39 is 0 Å². The molecule has 0 aliphatic rings. The summed E-state index contributed by atoms with van der Waals surface area (Å²) < 4.78 is 5.28. The topological polar surface area (TPSA) is 22.1 Å². The summed E-state index contributed by atoms with van der Waals surface area (Å²) >= 11 is 0. The van der Waals surface area contributed by atoms with Crippen LogP contribution in [0.5, 0.6) is 0 Å². The molecule has 0 spiro atoms. The predicted octanol–water partition coefficient (Wildman–Crippen LogP) is 3.81. The highest BCUT2D eigenvalue weighted by Gasteiger charge is 2.12. The van der Waals surface area contributed by atoms with E-state index >= 15 is 0 Å². The molecule has 1 aromatic heterocycles. The summed E-state index contributed by atoms with van der Waals surface area (Å²) in [5, 5.41) is 1.30. The highest BCUT2D eigenvalue weighted by molar-refractivity contribution is 5.84. The molecule has 0 aliphatic carbocycles. The molecule has 1 aromatic carbocycles. The average Bonchev–Trinajstić information content (AvgIpc) is 2.38. The van der Waals surface area contributed by atoms with Gasteiger partial charge in [0.25, 0.3) is 0 Å². The monoisotopic (exact) mass is 243 g/mol. The van der Waals surface area contributed by atoms with Crippen molar-refractivity contribution in [2.45, 2.75) is 40.2 Å². The van der Waals surface area contributed by atoms with E-state index in [-0.39, 0.29) is 0 Å². The molecule has 2 aromatic rings. The van der Waals surface area contributed by atoms with Crippen molar-refractivity contribution in [3.8, 4) is 0 Å². The lowest BCUT2D eigenvalue weighted by molar-refractivity contribution is 0.181. The smallest absolute Gasteiger partial charge is 0.0887 e. The van der Waals surface area contributed by atoms with Gasteiger partial charge in [-0.05, 0) is 43.0 Å². The first-order valence-corrected chi connectivity index (χ1v) is 6.61. The van der Waals surface area contributed by atoms with Gasteiger partial charge < -0.3 is 4.74 Å². The second-order valence-electron chi connectivity index (χ2n) is 4.68. The SMILES string of the molecule is CCc1c(COC)nc2ccc(C)cc2c1CC. The van der Waals surface area contributed by atoms with Crippen molar-refractivity contribution >= 4 is 10.9 Å². The molecule has 18 heavy (non-hydrogen) atoms. The van der Waals surface area contributed by atoms with E-state index in [9.17, 15) is 0 Å². The fourth-order valence-electron chi connectivity index (χ4n) is 2.62. The summed E-state index contributed by atoms with van der Waals surface area (Å²) in [6.07, 6.45) is 2.06. The lowest BCUT2D eigenvalue weighted by atomic mass is 9.96. The molecule has 0 saturated heterocycles. The van der Waals surface area contributed by atoms with Crippen molar-refractivity contribution in [3.05, 3.63) is 40.6 Å². The minimum atomic E-state index is 0.597. The van der Waals surface area contributed by atoms with Crippen molar-refractivity contribution in [2.75, 3.05) is 7.11 Å². The Balaban J connectivity index is 2.76. The maximum Gasteiger partial charge on any atom is 0.0887 e. The van der Waals surface area contributed by atoms with E-state index in [1.165, 1.54) is 22.1 Å². The molecule has 0 bridgehead atoms. The molecule has 0 unspecified atom stereocenters. The largest absolute Gasteiger partial charge is 0.378 e. The van der Waals surface area contributed by atoms with Crippen LogP contribution < -0.4 is 0 Å². The number of methoxy groups -OCH3 is 1. The Hall–Kier alpha value is -1.41. The number of hydrogen-bond acceptors (Lipinski definition) is 2. The Morgan fingerprint density at radius 1 is 1.11 bits per heavy atom. The molecule has 0 fully saturated rings. The second kappa shape index (κ2) is 5.49. The number of hydrogen-bond donors (Lipinski definition) is 0. The van der Waals surface area contributed by atoms with Crippen LogP contribution in [0.15, 0.2) is 18.2 Å². The molecule has 0 atom stereocenters. The normalized spacial score (nSPS) is 11.1. The number of pyridine rings is 1. The van der Waals surface area contributed by atoms with Crippen LogP contribution in [0.2, 0.25) is 0 Å². The van der Waals surface area contributed by atoms with Crippen molar-refractivity contribution in [1.29, 1.82) is 0 Å². The highest BCUT2D eigenvalue weighted by atomic mass is 16.5. The lowest BCUT2D eigenvalue weighted by Crippen LogP contribution is -2.04. The molecule has 96 valence electrons. The predicted molar refractivity (Wildman–Crippen MR) is 75.9 cm³/mol. The zero-order chi connectivity index (χ0) is 13.1. The Morgan fingerprint density at radius 2 is 1.83 bits per heavy atom. The van der Waals surface area contributed by atoms with E-state index in [0.29, 0.717) is 6.61 Å². The van der Waals surface area contributed by atoms with E-state index in [2.05, 4.69) is 39.0 Å². The van der Waals surface area contributed by atoms with E-state index in [1.54, 1.807) is 7.11 Å². The number of nitrogens with zero attached hydrogens (tertiary/aromatic N) is 1. The number of fused-ring (bicyclic) bond motifs is 1. The fraction of sp³-hybridized carbons (Fsp3) is 0.438. The fourth-order valence-corrected chi connectivity index (χ4v) is 2.62. The van der Waals surface area contributed by atoms with Gasteiger partial charge in [0.1, 0.15) is 0 Å². The van der Waals surface area contributed by atoms with Crippen molar-refractivity contribution in [3.63, 3.8) is 0 Å². The third kappa shape index (κ3) is 2.25. The van der Waals surface area contributed by atoms with Crippen LogP contribution in [0.3, 0.4) is 0 Å². The van der Waals surface area contributed by atoms with Crippen LogP contribution in [0.25, 0.3) is 10.9 Å². The summed E-state index contributed by atoms with van der Waals surface area (Å²) in [7, 11) is 1.73. The minimum absolute atomic E-state index is 0.597. The van der Waals surface area contributed by atoms with E-state index in [4.69, 9.17) is 9.72 Å². The average molecular weight is 243 g/mol. The minimum Gasteiger partial charge on any atom is -0.378 e. The number of rotatable bonds is 4. The number of benzene rings is 1. The first-order valence-electron chi connectivity index (χ1n) is 6.61. The molecule has 0 N–H and O–H groups in total.